The van der Waals surface area contributed by atoms with Crippen molar-refractivity contribution in [2.45, 2.75) is 131 Å². The summed E-state index contributed by atoms with van der Waals surface area (Å²) >= 11 is -1.22. The Balaban J connectivity index is 3.71. The third kappa shape index (κ3) is 7.82. The number of hydrogen-bond donors (Lipinski definition) is 0. The van der Waals surface area contributed by atoms with Crippen molar-refractivity contribution in [1.29, 1.82) is 0 Å². The van der Waals surface area contributed by atoms with Crippen molar-refractivity contribution in [1.82, 2.24) is 0 Å². The van der Waals surface area contributed by atoms with E-state index in [2.05, 4.69) is 83.1 Å². The van der Waals surface area contributed by atoms with Crippen LogP contribution in [0.2, 0.25) is 10.6 Å². The van der Waals surface area contributed by atoms with Crippen LogP contribution in [0.25, 0.3) is 0 Å². The van der Waals surface area contributed by atoms with E-state index in [1.54, 1.807) is 0 Å². The summed E-state index contributed by atoms with van der Waals surface area (Å²) in [5, 5.41) is 2.76. The molecule has 1 fully saturated rings. The maximum absolute atomic E-state index is 7.58. The minimum atomic E-state index is -1.22. The van der Waals surface area contributed by atoms with E-state index in [0.29, 0.717) is 17.3 Å². The van der Waals surface area contributed by atoms with Crippen LogP contribution in [0.5, 0.6) is 0 Å². The molecule has 0 aliphatic carbocycles. The van der Waals surface area contributed by atoms with E-state index >= 15 is 0 Å². The molecule has 1 saturated heterocycles. The van der Waals surface area contributed by atoms with Gasteiger partial charge in [-0.1, -0.05) is 99.6 Å². The second-order valence-electron chi connectivity index (χ2n) is 13.5. The predicted octanol–water partition coefficient (Wildman–Crippen LogP) is 9.24. The van der Waals surface area contributed by atoms with Gasteiger partial charge in [-0.05, 0) is 73.0 Å². The smallest absolute Gasteiger partial charge is 0.461 e. The molecule has 0 bridgehead atoms. The molecule has 1 aliphatic rings. The number of hydrogen-bond acceptors (Lipinski definition) is 1. The van der Waals surface area contributed by atoms with Crippen molar-refractivity contribution in [2.24, 2.45) is 46.8 Å². The molecule has 0 aromatic carbocycles. The topological polar surface area (TPSA) is 9.23 Å². The highest BCUT2D eigenvalue weighted by Crippen LogP contribution is 2.61. The molecule has 1 unspecified atom stereocenters. The van der Waals surface area contributed by atoms with Gasteiger partial charge in [0.05, 0.1) is 0 Å². The Kier molecular flexibility index (Phi) is 11.5. The SMILES string of the molecule is CC(C)CC1[CH2][Al]([CH2]C(C)C)[O]C(CC(C)C)(CC(C)C)C1(CC(C)C)CC(C)C. The predicted molar refractivity (Wildman–Crippen MR) is 137 cm³/mol. The van der Waals surface area contributed by atoms with Crippen molar-refractivity contribution in [3.63, 3.8) is 0 Å². The lowest BCUT2D eigenvalue weighted by Crippen LogP contribution is -2.63. The zero-order valence-corrected chi connectivity index (χ0v) is 24.1. The lowest BCUT2D eigenvalue weighted by Gasteiger charge is -2.63. The first kappa shape index (κ1) is 28.5. The Labute approximate surface area is 196 Å². The molecule has 1 aliphatic heterocycles. The van der Waals surface area contributed by atoms with Crippen LogP contribution in [0, 0.1) is 46.8 Å². The summed E-state index contributed by atoms with van der Waals surface area (Å²) < 4.78 is 7.58. The third-order valence-electron chi connectivity index (χ3n) is 7.14. The average molecular weight is 437 g/mol. The van der Waals surface area contributed by atoms with Crippen LogP contribution in [-0.2, 0) is 3.79 Å². The Bertz CT molecular complexity index is 457. The fourth-order valence-electron chi connectivity index (χ4n) is 7.11. The molecule has 1 heterocycles. The van der Waals surface area contributed by atoms with Gasteiger partial charge in [-0.25, -0.2) is 0 Å². The van der Waals surface area contributed by atoms with E-state index in [-0.39, 0.29) is 5.60 Å². The largest absolute Gasteiger partial charge is 0.495 e. The maximum Gasteiger partial charge on any atom is 0.461 e. The summed E-state index contributed by atoms with van der Waals surface area (Å²) in [7, 11) is 0. The first-order chi connectivity index (χ1) is 13.7. The average Bonchev–Trinajstić information content (AvgIpc) is 2.48. The summed E-state index contributed by atoms with van der Waals surface area (Å²) in [6.45, 7) is 29.3. The molecule has 30 heavy (non-hydrogen) atoms. The summed E-state index contributed by atoms with van der Waals surface area (Å²) in [6, 6.07) is 0. The minimum absolute atomic E-state index is 0.0768. The summed E-state index contributed by atoms with van der Waals surface area (Å²) in [6.07, 6.45) is 6.57. The van der Waals surface area contributed by atoms with E-state index in [4.69, 9.17) is 3.79 Å². The molecular formula is C28H57AlO. The second kappa shape index (κ2) is 12.1. The Morgan fingerprint density at radius 3 is 1.40 bits per heavy atom. The van der Waals surface area contributed by atoms with Crippen LogP contribution < -0.4 is 0 Å². The molecular weight excluding hydrogens is 379 g/mol. The molecule has 0 aromatic rings. The van der Waals surface area contributed by atoms with Gasteiger partial charge in [0, 0.05) is 5.60 Å². The molecule has 0 aromatic heterocycles. The highest BCUT2D eigenvalue weighted by Gasteiger charge is 2.60. The highest BCUT2D eigenvalue weighted by atomic mass is 27.2. The van der Waals surface area contributed by atoms with E-state index in [1.807, 2.05) is 0 Å². The molecule has 0 N–H and O–H groups in total. The van der Waals surface area contributed by atoms with Crippen LogP contribution in [0.1, 0.15) is 115 Å². The highest BCUT2D eigenvalue weighted by molar-refractivity contribution is 6.52. The molecule has 178 valence electrons. The molecule has 1 rings (SSSR count). The van der Waals surface area contributed by atoms with Gasteiger partial charge in [0.25, 0.3) is 0 Å². The number of rotatable bonds is 12. The summed E-state index contributed by atoms with van der Waals surface area (Å²) in [5.41, 5.74) is 0.405. The van der Waals surface area contributed by atoms with Gasteiger partial charge in [0.2, 0.25) is 0 Å². The molecule has 0 saturated carbocycles. The lowest BCUT2D eigenvalue weighted by molar-refractivity contribution is -0.160. The van der Waals surface area contributed by atoms with Gasteiger partial charge in [-0.2, -0.15) is 0 Å². The van der Waals surface area contributed by atoms with Crippen molar-refractivity contribution in [3.05, 3.63) is 0 Å². The zero-order valence-electron chi connectivity index (χ0n) is 23.0. The molecule has 0 amide bonds. The molecule has 1 nitrogen and oxygen atoms in total. The van der Waals surface area contributed by atoms with E-state index < -0.39 is 14.5 Å². The Morgan fingerprint density at radius 1 is 0.633 bits per heavy atom. The van der Waals surface area contributed by atoms with Gasteiger partial charge in [-0.3, -0.25) is 0 Å². The zero-order chi connectivity index (χ0) is 23.3. The van der Waals surface area contributed by atoms with Crippen LogP contribution in [0.3, 0.4) is 0 Å². The standard InChI is InChI=1S/C24H48O.C4H9.Al/c1-17(2)12-22(11)23(13-18(3)4,14-19(5)6)24(25,15-20(7)8)16-21(9)10;1-4(2)3;/h17-22H,11-16H2,1-10H3;4H,1H2,2-3H3;/q-1;;+1. The summed E-state index contributed by atoms with van der Waals surface area (Å²) in [4.78, 5) is 0. The van der Waals surface area contributed by atoms with Crippen molar-refractivity contribution < 1.29 is 3.79 Å². The van der Waals surface area contributed by atoms with E-state index in [1.165, 1.54) is 42.7 Å². The van der Waals surface area contributed by atoms with Gasteiger partial charge in [0.1, 0.15) is 0 Å². The monoisotopic (exact) mass is 436 g/mol. The molecule has 2 heteroatoms. The minimum Gasteiger partial charge on any atom is -0.495 e. The lowest BCUT2D eigenvalue weighted by atomic mass is 9.52. The molecule has 0 spiro atoms. The first-order valence-electron chi connectivity index (χ1n) is 13.4. The van der Waals surface area contributed by atoms with Crippen LogP contribution in [0.4, 0.5) is 0 Å². The van der Waals surface area contributed by atoms with Gasteiger partial charge in [0.15, 0.2) is 0 Å². The van der Waals surface area contributed by atoms with Gasteiger partial charge >= 0.3 is 14.5 Å². The first-order valence-corrected chi connectivity index (χ1v) is 15.5. The van der Waals surface area contributed by atoms with Crippen LogP contribution in [0.15, 0.2) is 0 Å². The van der Waals surface area contributed by atoms with Crippen molar-refractivity contribution in [3.8, 4) is 0 Å². The van der Waals surface area contributed by atoms with Crippen LogP contribution >= 0.6 is 0 Å². The molecule has 1 atom stereocenters. The van der Waals surface area contributed by atoms with E-state index in [0.717, 1.165) is 29.6 Å². The van der Waals surface area contributed by atoms with Gasteiger partial charge in [-0.15, -0.1) is 0 Å². The Morgan fingerprint density at radius 2 is 1.07 bits per heavy atom. The van der Waals surface area contributed by atoms with E-state index in [9.17, 15) is 0 Å². The fraction of sp³-hybridized carbons (Fsp3) is 1.00. The fourth-order valence-corrected chi connectivity index (χ4v) is 10.9. The second-order valence-corrected chi connectivity index (χ2v) is 15.9. The van der Waals surface area contributed by atoms with Crippen LogP contribution in [-0.4, -0.2) is 20.1 Å². The van der Waals surface area contributed by atoms with Crippen molar-refractivity contribution in [2.75, 3.05) is 0 Å². The van der Waals surface area contributed by atoms with Gasteiger partial charge < -0.3 is 3.79 Å². The Hall–Kier alpha value is 0.492. The normalized spacial score (nSPS) is 21.8. The maximum atomic E-state index is 7.58. The van der Waals surface area contributed by atoms with Crippen molar-refractivity contribution >= 4 is 14.5 Å². The third-order valence-corrected chi connectivity index (χ3v) is 10.5. The summed E-state index contributed by atoms with van der Waals surface area (Å²) in [5.74, 6) is 5.20. The molecule has 0 radical (unpaired) electrons. The quantitative estimate of drug-likeness (QED) is 0.277.